The highest BCUT2D eigenvalue weighted by atomic mass is 32.1. The summed E-state index contributed by atoms with van der Waals surface area (Å²) in [6.45, 7) is 0. The van der Waals surface area contributed by atoms with Crippen LogP contribution in [0.25, 0.3) is 120 Å². The van der Waals surface area contributed by atoms with Crippen molar-refractivity contribution in [3.05, 3.63) is 188 Å². The number of nitrogens with zero attached hydrogens (tertiary/aromatic N) is 3. The Labute approximate surface area is 337 Å². The standard InChI is InChI=1S/C53H31N3OS/c1-2-10-35(11-3-1)51-54-52(56-53(55-51)39-26-28-49-44(31-39)42-13-6-7-16-48(42)58-49)36-22-19-33(20-23-36)41-14-8-15-47-50(41)45-30-38(25-27-46(45)57-47)37-24-21-34-18-17-32-9-4-5-12-40(32)43(34)29-37/h1-31H. The molecule has 270 valence electrons. The Morgan fingerprint density at radius 3 is 1.72 bits per heavy atom. The first-order valence-corrected chi connectivity index (χ1v) is 20.2. The smallest absolute Gasteiger partial charge is 0.164 e. The first-order valence-electron chi connectivity index (χ1n) is 19.4. The van der Waals surface area contributed by atoms with E-state index in [-0.39, 0.29) is 0 Å². The Bertz CT molecular complexity index is 3570. The van der Waals surface area contributed by atoms with Gasteiger partial charge in [0.2, 0.25) is 0 Å². The summed E-state index contributed by atoms with van der Waals surface area (Å²) >= 11 is 1.81. The minimum atomic E-state index is 0.630. The van der Waals surface area contributed by atoms with E-state index in [2.05, 4.69) is 158 Å². The zero-order valence-electron chi connectivity index (χ0n) is 31.1. The van der Waals surface area contributed by atoms with Gasteiger partial charge in [0.1, 0.15) is 11.2 Å². The van der Waals surface area contributed by atoms with Crippen molar-refractivity contribution in [2.75, 3.05) is 0 Å². The van der Waals surface area contributed by atoms with Crippen molar-refractivity contribution in [3.63, 3.8) is 0 Å². The third kappa shape index (κ3) is 5.40. The number of rotatable bonds is 5. The van der Waals surface area contributed by atoms with Gasteiger partial charge in [0.05, 0.1) is 0 Å². The van der Waals surface area contributed by atoms with Crippen molar-refractivity contribution < 1.29 is 4.42 Å². The molecule has 0 atom stereocenters. The second-order valence-electron chi connectivity index (χ2n) is 14.8. The maximum Gasteiger partial charge on any atom is 0.164 e. The molecule has 0 aliphatic heterocycles. The molecule has 0 spiro atoms. The van der Waals surface area contributed by atoms with E-state index in [1.807, 2.05) is 41.7 Å². The molecule has 0 radical (unpaired) electrons. The Balaban J connectivity index is 0.953. The van der Waals surface area contributed by atoms with Crippen LogP contribution in [-0.2, 0) is 0 Å². The highest BCUT2D eigenvalue weighted by Gasteiger charge is 2.17. The summed E-state index contributed by atoms with van der Waals surface area (Å²) in [6, 6.07) is 66.4. The van der Waals surface area contributed by atoms with Gasteiger partial charge in [-0.1, -0.05) is 140 Å². The third-order valence-corrected chi connectivity index (χ3v) is 12.5. The molecule has 0 bridgehead atoms. The van der Waals surface area contributed by atoms with E-state index in [1.165, 1.54) is 47.3 Å². The van der Waals surface area contributed by atoms with Crippen molar-refractivity contribution in [2.24, 2.45) is 0 Å². The minimum absolute atomic E-state index is 0.630. The van der Waals surface area contributed by atoms with Gasteiger partial charge in [-0.15, -0.1) is 11.3 Å². The maximum absolute atomic E-state index is 6.46. The number of fused-ring (bicyclic) bond motifs is 9. The zero-order chi connectivity index (χ0) is 38.2. The van der Waals surface area contributed by atoms with E-state index in [4.69, 9.17) is 19.4 Å². The summed E-state index contributed by atoms with van der Waals surface area (Å²) in [7, 11) is 0. The summed E-state index contributed by atoms with van der Waals surface area (Å²) in [4.78, 5) is 15.1. The fraction of sp³-hybridized carbons (Fsp3) is 0. The van der Waals surface area contributed by atoms with Gasteiger partial charge in [-0.25, -0.2) is 15.0 Å². The number of hydrogen-bond acceptors (Lipinski definition) is 5. The Morgan fingerprint density at radius 2 is 0.897 bits per heavy atom. The molecular weight excluding hydrogens is 727 g/mol. The monoisotopic (exact) mass is 757 g/mol. The molecular formula is C53H31N3OS. The SMILES string of the molecule is c1ccc(-c2nc(-c3ccc(-c4cccc5oc6ccc(-c7ccc8ccc9ccccc9c8c7)cc6c45)cc3)nc(-c3ccc4sc5ccccc5c4c3)n2)cc1. The largest absolute Gasteiger partial charge is 0.456 e. The molecule has 0 saturated heterocycles. The molecule has 0 N–H and O–H groups in total. The van der Waals surface area contributed by atoms with Crippen molar-refractivity contribution in [2.45, 2.75) is 0 Å². The molecule has 0 aliphatic carbocycles. The summed E-state index contributed by atoms with van der Waals surface area (Å²) in [5.41, 5.74) is 9.09. The van der Waals surface area contributed by atoms with Crippen LogP contribution >= 0.6 is 11.3 Å². The summed E-state index contributed by atoms with van der Waals surface area (Å²) in [5.74, 6) is 1.92. The predicted molar refractivity (Wildman–Crippen MR) is 242 cm³/mol. The summed E-state index contributed by atoms with van der Waals surface area (Å²) in [5, 5.41) is 9.66. The van der Waals surface area contributed by atoms with E-state index < -0.39 is 0 Å². The second kappa shape index (κ2) is 13.1. The quantitative estimate of drug-likeness (QED) is 0.164. The zero-order valence-corrected chi connectivity index (χ0v) is 31.9. The van der Waals surface area contributed by atoms with E-state index in [1.54, 1.807) is 0 Å². The van der Waals surface area contributed by atoms with Crippen LogP contribution in [0.4, 0.5) is 0 Å². The lowest BCUT2D eigenvalue weighted by Crippen LogP contribution is -2.00. The first kappa shape index (κ1) is 32.7. The van der Waals surface area contributed by atoms with Crippen molar-refractivity contribution in [1.82, 2.24) is 15.0 Å². The van der Waals surface area contributed by atoms with Gasteiger partial charge < -0.3 is 4.42 Å². The first-order chi connectivity index (χ1) is 28.7. The van der Waals surface area contributed by atoms with Gasteiger partial charge in [-0.3, -0.25) is 0 Å². The average molecular weight is 758 g/mol. The van der Waals surface area contributed by atoms with Gasteiger partial charge in [0.15, 0.2) is 17.5 Å². The van der Waals surface area contributed by atoms with Crippen molar-refractivity contribution in [3.8, 4) is 56.4 Å². The van der Waals surface area contributed by atoms with Crippen molar-refractivity contribution in [1.29, 1.82) is 0 Å². The molecule has 12 rings (SSSR count). The van der Waals surface area contributed by atoms with Crippen LogP contribution in [0.15, 0.2) is 192 Å². The number of furan rings is 1. The van der Waals surface area contributed by atoms with Crippen LogP contribution in [0.1, 0.15) is 0 Å². The lowest BCUT2D eigenvalue weighted by atomic mass is 9.95. The summed E-state index contributed by atoms with van der Waals surface area (Å²) < 4.78 is 8.98. The summed E-state index contributed by atoms with van der Waals surface area (Å²) in [6.07, 6.45) is 0. The normalized spacial score (nSPS) is 11.8. The van der Waals surface area contributed by atoms with E-state index >= 15 is 0 Å². The Hall–Kier alpha value is -7.47. The highest BCUT2D eigenvalue weighted by Crippen LogP contribution is 2.40. The number of aromatic nitrogens is 3. The Kier molecular flexibility index (Phi) is 7.37. The van der Waals surface area contributed by atoms with Crippen molar-refractivity contribution >= 4 is 75.0 Å². The fourth-order valence-electron chi connectivity index (χ4n) is 8.44. The molecule has 3 heterocycles. The van der Waals surface area contributed by atoms with Gasteiger partial charge in [0, 0.05) is 47.6 Å². The lowest BCUT2D eigenvalue weighted by Gasteiger charge is -2.10. The highest BCUT2D eigenvalue weighted by molar-refractivity contribution is 7.25. The van der Waals surface area contributed by atoms with Crippen LogP contribution in [0.2, 0.25) is 0 Å². The molecule has 58 heavy (non-hydrogen) atoms. The molecule has 0 amide bonds. The fourth-order valence-corrected chi connectivity index (χ4v) is 9.53. The molecule has 12 aromatic rings. The molecule has 5 heteroatoms. The molecule has 3 aromatic heterocycles. The molecule has 0 aliphatic rings. The molecule has 9 aromatic carbocycles. The molecule has 0 saturated carbocycles. The Morgan fingerprint density at radius 1 is 0.328 bits per heavy atom. The van der Waals surface area contributed by atoms with E-state index in [0.29, 0.717) is 17.5 Å². The van der Waals surface area contributed by atoms with Gasteiger partial charge in [0.25, 0.3) is 0 Å². The third-order valence-electron chi connectivity index (χ3n) is 11.3. The van der Waals surface area contributed by atoms with Gasteiger partial charge in [-0.2, -0.15) is 0 Å². The second-order valence-corrected chi connectivity index (χ2v) is 15.9. The maximum atomic E-state index is 6.46. The van der Waals surface area contributed by atoms with Gasteiger partial charge >= 0.3 is 0 Å². The predicted octanol–water partition coefficient (Wildman–Crippen LogP) is 14.8. The average Bonchev–Trinajstić information content (AvgIpc) is 3.87. The van der Waals surface area contributed by atoms with E-state index in [9.17, 15) is 0 Å². The number of thiophene rings is 1. The lowest BCUT2D eigenvalue weighted by molar-refractivity contribution is 0.669. The van der Waals surface area contributed by atoms with E-state index in [0.717, 1.165) is 55.3 Å². The van der Waals surface area contributed by atoms with Crippen LogP contribution < -0.4 is 0 Å². The van der Waals surface area contributed by atoms with Crippen LogP contribution in [0.3, 0.4) is 0 Å². The molecule has 0 fully saturated rings. The van der Waals surface area contributed by atoms with Gasteiger partial charge in [-0.05, 0) is 92.3 Å². The number of hydrogen-bond donors (Lipinski definition) is 0. The minimum Gasteiger partial charge on any atom is -0.456 e. The van der Waals surface area contributed by atoms with Crippen LogP contribution in [0, 0.1) is 0 Å². The number of benzene rings is 9. The molecule has 0 unspecified atom stereocenters. The van der Waals surface area contributed by atoms with Crippen LogP contribution in [-0.4, -0.2) is 15.0 Å². The molecule has 4 nitrogen and oxygen atoms in total. The van der Waals surface area contributed by atoms with Crippen LogP contribution in [0.5, 0.6) is 0 Å². The topological polar surface area (TPSA) is 51.8 Å².